The third-order valence-corrected chi connectivity index (χ3v) is 2.70. The molecule has 1 unspecified atom stereocenters. The maximum Gasteiger partial charge on any atom is 0.463 e. The molecule has 116 valence electrons. The van der Waals surface area contributed by atoms with Gasteiger partial charge in [-0.25, -0.2) is 0 Å². The molecule has 1 aromatic carbocycles. The highest BCUT2D eigenvalue weighted by Gasteiger charge is 2.63. The number of ether oxygens (including phenoxy) is 2. The number of halogens is 5. The summed E-state index contributed by atoms with van der Waals surface area (Å²) in [6.45, 7) is -0.603. The number of hydrogen-bond acceptors (Lipinski definition) is 3. The quantitative estimate of drug-likeness (QED) is 0.870. The van der Waals surface area contributed by atoms with E-state index >= 15 is 0 Å². The number of alkyl halides is 5. The van der Waals surface area contributed by atoms with E-state index in [2.05, 4.69) is 0 Å². The SMILES string of the molecule is O=C(NCC1COc2ccccc2O1)C(F)(F)C(F)(F)F. The molecule has 0 radical (unpaired) electrons. The van der Waals surface area contributed by atoms with Crippen LogP contribution in [-0.2, 0) is 4.79 Å². The minimum atomic E-state index is -5.94. The Balaban J connectivity index is 1.92. The summed E-state index contributed by atoms with van der Waals surface area (Å²) in [5.41, 5.74) is 0. The van der Waals surface area contributed by atoms with Crippen molar-refractivity contribution in [3.05, 3.63) is 24.3 Å². The van der Waals surface area contributed by atoms with E-state index in [0.717, 1.165) is 0 Å². The first-order valence-corrected chi connectivity index (χ1v) is 5.83. The molecule has 0 saturated heterocycles. The van der Waals surface area contributed by atoms with Crippen molar-refractivity contribution in [1.82, 2.24) is 5.32 Å². The molecule has 1 N–H and O–H groups in total. The Labute approximate surface area is 115 Å². The van der Waals surface area contributed by atoms with E-state index < -0.39 is 30.7 Å². The second-order valence-electron chi connectivity index (χ2n) is 4.28. The maximum atomic E-state index is 12.7. The van der Waals surface area contributed by atoms with Crippen LogP contribution in [0, 0.1) is 0 Å². The largest absolute Gasteiger partial charge is 0.486 e. The van der Waals surface area contributed by atoms with Gasteiger partial charge in [0, 0.05) is 0 Å². The molecule has 0 saturated carbocycles. The van der Waals surface area contributed by atoms with Gasteiger partial charge < -0.3 is 14.8 Å². The molecule has 0 spiro atoms. The van der Waals surface area contributed by atoms with Crippen LogP contribution in [-0.4, -0.2) is 37.3 Å². The first-order valence-electron chi connectivity index (χ1n) is 5.83. The molecule has 9 heteroatoms. The fourth-order valence-corrected chi connectivity index (χ4v) is 1.61. The first-order chi connectivity index (χ1) is 9.72. The average molecular weight is 311 g/mol. The van der Waals surface area contributed by atoms with Crippen LogP contribution in [0.15, 0.2) is 24.3 Å². The van der Waals surface area contributed by atoms with Crippen molar-refractivity contribution in [2.24, 2.45) is 0 Å². The number of para-hydroxylation sites is 2. The van der Waals surface area contributed by atoms with Gasteiger partial charge >= 0.3 is 12.1 Å². The van der Waals surface area contributed by atoms with Crippen LogP contribution in [0.5, 0.6) is 11.5 Å². The highest BCUT2D eigenvalue weighted by atomic mass is 19.4. The summed E-state index contributed by atoms with van der Waals surface area (Å²) < 4.78 is 71.9. The smallest absolute Gasteiger partial charge is 0.463 e. The van der Waals surface area contributed by atoms with Crippen molar-refractivity contribution < 1.29 is 36.2 Å². The van der Waals surface area contributed by atoms with Gasteiger partial charge in [0.15, 0.2) is 11.5 Å². The van der Waals surface area contributed by atoms with Gasteiger partial charge in [0.1, 0.15) is 12.7 Å². The number of benzene rings is 1. The number of amides is 1. The van der Waals surface area contributed by atoms with Crippen molar-refractivity contribution >= 4 is 5.91 Å². The van der Waals surface area contributed by atoms with Crippen molar-refractivity contribution in [2.75, 3.05) is 13.2 Å². The zero-order chi connectivity index (χ0) is 15.7. The Morgan fingerprint density at radius 3 is 2.43 bits per heavy atom. The molecule has 0 fully saturated rings. The summed E-state index contributed by atoms with van der Waals surface area (Å²) in [7, 11) is 0. The van der Waals surface area contributed by atoms with Gasteiger partial charge in [-0.3, -0.25) is 4.79 Å². The van der Waals surface area contributed by atoms with E-state index in [1.165, 1.54) is 5.32 Å². The Morgan fingerprint density at radius 1 is 1.19 bits per heavy atom. The Morgan fingerprint density at radius 2 is 1.81 bits per heavy atom. The molecular weight excluding hydrogens is 301 g/mol. The predicted octanol–water partition coefficient (Wildman–Crippen LogP) is 2.14. The molecule has 1 aliphatic rings. The number of nitrogens with one attached hydrogen (secondary N) is 1. The summed E-state index contributed by atoms with van der Waals surface area (Å²) in [6, 6.07) is 6.49. The summed E-state index contributed by atoms with van der Waals surface area (Å²) in [5.74, 6) is -7.11. The zero-order valence-corrected chi connectivity index (χ0v) is 10.4. The molecule has 0 bridgehead atoms. The van der Waals surface area contributed by atoms with E-state index in [0.29, 0.717) is 11.5 Å². The molecule has 21 heavy (non-hydrogen) atoms. The second kappa shape index (κ2) is 5.38. The van der Waals surface area contributed by atoms with E-state index in [1.54, 1.807) is 24.3 Å². The molecule has 1 amide bonds. The normalized spacial score (nSPS) is 18.2. The van der Waals surface area contributed by atoms with Crippen molar-refractivity contribution in [3.8, 4) is 11.5 Å². The van der Waals surface area contributed by atoms with Gasteiger partial charge in [-0.1, -0.05) is 12.1 Å². The minimum absolute atomic E-state index is 0.0745. The summed E-state index contributed by atoms with van der Waals surface area (Å²) in [4.78, 5) is 10.9. The summed E-state index contributed by atoms with van der Waals surface area (Å²) in [6.07, 6.45) is -6.79. The van der Waals surface area contributed by atoms with Crippen LogP contribution in [0.25, 0.3) is 0 Å². The number of fused-ring (bicyclic) bond motifs is 1. The van der Waals surface area contributed by atoms with Crippen LogP contribution < -0.4 is 14.8 Å². The summed E-state index contributed by atoms with van der Waals surface area (Å²) in [5, 5.41) is 1.52. The number of rotatable bonds is 3. The van der Waals surface area contributed by atoms with Crippen LogP contribution in [0.2, 0.25) is 0 Å². The highest BCUT2D eigenvalue weighted by Crippen LogP contribution is 2.35. The Hall–Kier alpha value is -2.06. The molecule has 2 rings (SSSR count). The van der Waals surface area contributed by atoms with Crippen molar-refractivity contribution in [2.45, 2.75) is 18.2 Å². The molecule has 1 aromatic rings. The van der Waals surface area contributed by atoms with E-state index in [1.807, 2.05) is 0 Å². The Kier molecular flexibility index (Phi) is 3.93. The highest BCUT2D eigenvalue weighted by molar-refractivity contribution is 5.84. The van der Waals surface area contributed by atoms with Gasteiger partial charge in [0.2, 0.25) is 0 Å². The zero-order valence-electron chi connectivity index (χ0n) is 10.4. The standard InChI is InChI=1S/C12H10F5NO3/c13-11(14,12(15,16)17)10(19)18-5-7-6-20-8-3-1-2-4-9(8)21-7/h1-4,7H,5-6H2,(H,18,19). The molecule has 0 aliphatic carbocycles. The maximum absolute atomic E-state index is 12.7. The van der Waals surface area contributed by atoms with Crippen LogP contribution in [0.1, 0.15) is 0 Å². The monoisotopic (exact) mass is 311 g/mol. The minimum Gasteiger partial charge on any atom is -0.486 e. The molecule has 4 nitrogen and oxygen atoms in total. The van der Waals surface area contributed by atoms with Crippen molar-refractivity contribution in [1.29, 1.82) is 0 Å². The van der Waals surface area contributed by atoms with Gasteiger partial charge in [0.25, 0.3) is 5.91 Å². The van der Waals surface area contributed by atoms with E-state index in [4.69, 9.17) is 9.47 Å². The lowest BCUT2D eigenvalue weighted by atomic mass is 10.2. The Bertz CT molecular complexity index is 532. The third-order valence-electron chi connectivity index (χ3n) is 2.70. The lowest BCUT2D eigenvalue weighted by Crippen LogP contribution is -2.53. The van der Waals surface area contributed by atoms with Gasteiger partial charge in [0.05, 0.1) is 6.54 Å². The molecule has 1 aliphatic heterocycles. The summed E-state index contributed by atoms with van der Waals surface area (Å²) >= 11 is 0. The average Bonchev–Trinajstić information content (AvgIpc) is 2.43. The lowest BCUT2D eigenvalue weighted by Gasteiger charge is -2.27. The molecular formula is C12H10F5NO3. The van der Waals surface area contributed by atoms with Gasteiger partial charge in [-0.15, -0.1) is 0 Å². The second-order valence-corrected chi connectivity index (χ2v) is 4.28. The topological polar surface area (TPSA) is 47.6 Å². The fourth-order valence-electron chi connectivity index (χ4n) is 1.61. The van der Waals surface area contributed by atoms with E-state index in [-0.39, 0.29) is 6.61 Å². The first kappa shape index (κ1) is 15.3. The predicted molar refractivity (Wildman–Crippen MR) is 60.4 cm³/mol. The number of carbonyl (C=O) groups is 1. The van der Waals surface area contributed by atoms with Gasteiger partial charge in [-0.2, -0.15) is 22.0 Å². The van der Waals surface area contributed by atoms with Crippen LogP contribution in [0.4, 0.5) is 22.0 Å². The molecule has 1 atom stereocenters. The third kappa shape index (κ3) is 3.17. The van der Waals surface area contributed by atoms with Crippen molar-refractivity contribution in [3.63, 3.8) is 0 Å². The van der Waals surface area contributed by atoms with Crippen LogP contribution in [0.3, 0.4) is 0 Å². The fraction of sp³-hybridized carbons (Fsp3) is 0.417. The number of hydrogen-bond donors (Lipinski definition) is 1. The van der Waals surface area contributed by atoms with Crippen LogP contribution >= 0.6 is 0 Å². The number of carbonyl (C=O) groups excluding carboxylic acids is 1. The lowest BCUT2D eigenvalue weighted by molar-refractivity contribution is -0.269. The molecule has 0 aromatic heterocycles. The van der Waals surface area contributed by atoms with E-state index in [9.17, 15) is 26.7 Å². The van der Waals surface area contributed by atoms with Gasteiger partial charge in [-0.05, 0) is 12.1 Å². The molecule has 1 heterocycles.